The number of rotatable bonds is 16. The smallest absolute Gasteiger partial charge is 0.0702 e. The molecule has 0 unspecified atom stereocenters. The predicted octanol–water partition coefficient (Wildman–Crippen LogP) is 16.1. The molecule has 0 aliphatic carbocycles. The number of nitrogens with one attached hydrogen (secondary N) is 1. The first-order chi connectivity index (χ1) is 23.5. The number of aliphatic imine (C=N–C) groups is 1. The van der Waals surface area contributed by atoms with Crippen LogP contribution in [0.15, 0.2) is 70.4 Å². The molecule has 0 saturated heterocycles. The number of allylic oxidation sites excluding steroid dienone is 7. The Morgan fingerprint density at radius 1 is 0.857 bits per heavy atom. The van der Waals surface area contributed by atoms with Crippen LogP contribution in [0, 0.1) is 36.5 Å². The van der Waals surface area contributed by atoms with E-state index < -0.39 is 0 Å². The van der Waals surface area contributed by atoms with E-state index in [2.05, 4.69) is 85.9 Å². The standard InChI is InChI=1S/C18H21N.C15H27N.C8H18.3C2H6/c1-6-9-15(5)19-18(10-7-2)17-12-11-14(4)16(8-3)13-17;1-6-8-14(9-7-2)15(11-16)13(5)10-12(3)4;1-4-6-8(3)7-5-2;3*1-2/h3,7,10-13H,5-6,9H2,1-2,4H3;10-11,14,16H,6-9H2,1-5H3;8H,4-7H2,1-3H3;3*1-2H3/b10-7-,19-18?;15-13+,16-11?;;;;. The van der Waals surface area contributed by atoms with E-state index in [1.807, 2.05) is 85.7 Å². The zero-order valence-electron chi connectivity index (χ0n) is 36.0. The summed E-state index contributed by atoms with van der Waals surface area (Å²) in [7, 11) is 0. The molecule has 1 rings (SSSR count). The third-order valence-corrected chi connectivity index (χ3v) is 7.22. The van der Waals surface area contributed by atoms with Crippen LogP contribution in [0.5, 0.6) is 0 Å². The van der Waals surface area contributed by atoms with Crippen molar-refractivity contribution in [3.8, 4) is 12.3 Å². The molecule has 1 aromatic carbocycles. The minimum atomic E-state index is 0.572. The van der Waals surface area contributed by atoms with Crippen LogP contribution in [0.25, 0.3) is 0 Å². The van der Waals surface area contributed by atoms with Gasteiger partial charge in [-0.1, -0.05) is 170 Å². The van der Waals surface area contributed by atoms with Gasteiger partial charge in [0, 0.05) is 23.0 Å². The third kappa shape index (κ3) is 30.8. The lowest BCUT2D eigenvalue weighted by molar-refractivity contribution is 0.480. The second-order valence-corrected chi connectivity index (χ2v) is 11.9. The average Bonchev–Trinajstić information content (AvgIpc) is 3.09. The van der Waals surface area contributed by atoms with E-state index in [1.54, 1.807) is 6.21 Å². The first-order valence-corrected chi connectivity index (χ1v) is 19.8. The Hall–Kier alpha value is -2.92. The van der Waals surface area contributed by atoms with Crippen molar-refractivity contribution in [1.29, 1.82) is 5.41 Å². The molecule has 0 atom stereocenters. The molecular weight excluding hydrogens is 593 g/mol. The molecule has 1 N–H and O–H groups in total. The molecule has 0 bridgehead atoms. The van der Waals surface area contributed by atoms with Gasteiger partial charge in [-0.3, -0.25) is 4.99 Å². The molecule has 0 saturated carbocycles. The lowest BCUT2D eigenvalue weighted by atomic mass is 9.87. The van der Waals surface area contributed by atoms with Gasteiger partial charge in [0.25, 0.3) is 0 Å². The zero-order chi connectivity index (χ0) is 39.2. The maximum atomic E-state index is 7.61. The summed E-state index contributed by atoms with van der Waals surface area (Å²) >= 11 is 0. The number of terminal acetylenes is 1. The van der Waals surface area contributed by atoms with Gasteiger partial charge in [-0.05, 0) is 94.6 Å². The van der Waals surface area contributed by atoms with E-state index >= 15 is 0 Å². The van der Waals surface area contributed by atoms with Crippen molar-refractivity contribution < 1.29 is 0 Å². The highest BCUT2D eigenvalue weighted by Crippen LogP contribution is 2.25. The molecule has 49 heavy (non-hydrogen) atoms. The summed E-state index contributed by atoms with van der Waals surface area (Å²) in [6.07, 6.45) is 25.5. The van der Waals surface area contributed by atoms with Crippen LogP contribution in [0.1, 0.15) is 192 Å². The van der Waals surface area contributed by atoms with Crippen molar-refractivity contribution in [2.24, 2.45) is 16.8 Å². The number of nitrogens with zero attached hydrogens (tertiary/aromatic N) is 1. The second-order valence-electron chi connectivity index (χ2n) is 11.9. The lowest BCUT2D eigenvalue weighted by Crippen LogP contribution is -2.07. The van der Waals surface area contributed by atoms with Gasteiger partial charge in [0.1, 0.15) is 0 Å². The maximum Gasteiger partial charge on any atom is 0.0702 e. The van der Waals surface area contributed by atoms with Crippen molar-refractivity contribution >= 4 is 11.9 Å². The molecule has 0 radical (unpaired) electrons. The molecule has 0 amide bonds. The van der Waals surface area contributed by atoms with Crippen LogP contribution in [0.4, 0.5) is 0 Å². The molecule has 2 heteroatoms. The van der Waals surface area contributed by atoms with Gasteiger partial charge in [-0.2, -0.15) is 0 Å². The van der Waals surface area contributed by atoms with Crippen LogP contribution in [0.2, 0.25) is 0 Å². The van der Waals surface area contributed by atoms with Gasteiger partial charge in [-0.15, -0.1) is 6.42 Å². The predicted molar refractivity (Wildman–Crippen MR) is 232 cm³/mol. The fourth-order valence-electron chi connectivity index (χ4n) is 5.16. The topological polar surface area (TPSA) is 36.2 Å². The Labute approximate surface area is 309 Å². The van der Waals surface area contributed by atoms with E-state index in [-0.39, 0.29) is 0 Å². The molecular formula is C47H84N2. The van der Waals surface area contributed by atoms with Gasteiger partial charge in [0.05, 0.1) is 5.71 Å². The van der Waals surface area contributed by atoms with Gasteiger partial charge >= 0.3 is 0 Å². The summed E-state index contributed by atoms with van der Waals surface area (Å²) in [5.74, 6) is 4.24. The van der Waals surface area contributed by atoms with Crippen LogP contribution in [-0.4, -0.2) is 11.9 Å². The minimum Gasteiger partial charge on any atom is -0.308 e. The maximum absolute atomic E-state index is 7.61. The summed E-state index contributed by atoms with van der Waals surface area (Å²) < 4.78 is 0. The van der Waals surface area contributed by atoms with Crippen LogP contribution in [0.3, 0.4) is 0 Å². The number of benzene rings is 1. The van der Waals surface area contributed by atoms with Crippen molar-refractivity contribution in [3.05, 3.63) is 82.1 Å². The fraction of sp³-hybridized carbons (Fsp3) is 0.617. The van der Waals surface area contributed by atoms with Crippen molar-refractivity contribution in [2.45, 2.75) is 182 Å². The number of hydrogen-bond acceptors (Lipinski definition) is 2. The Morgan fingerprint density at radius 2 is 1.35 bits per heavy atom. The van der Waals surface area contributed by atoms with E-state index in [1.165, 1.54) is 68.1 Å². The molecule has 0 aliphatic rings. The highest BCUT2D eigenvalue weighted by molar-refractivity contribution is 6.09. The molecule has 0 spiro atoms. The normalized spacial score (nSPS) is 10.6. The largest absolute Gasteiger partial charge is 0.308 e. The molecule has 2 nitrogen and oxygen atoms in total. The molecule has 0 heterocycles. The monoisotopic (exact) mass is 677 g/mol. The van der Waals surface area contributed by atoms with Gasteiger partial charge in [-0.25, -0.2) is 0 Å². The Kier molecular flexibility index (Phi) is 46.7. The fourth-order valence-corrected chi connectivity index (χ4v) is 5.16. The number of aryl methyl sites for hydroxylation is 1. The van der Waals surface area contributed by atoms with E-state index in [9.17, 15) is 0 Å². The number of hydrogen-bond donors (Lipinski definition) is 1. The van der Waals surface area contributed by atoms with Crippen molar-refractivity contribution in [3.63, 3.8) is 0 Å². The summed E-state index contributed by atoms with van der Waals surface area (Å²) in [6.45, 7) is 39.8. The van der Waals surface area contributed by atoms with Crippen LogP contribution >= 0.6 is 0 Å². The van der Waals surface area contributed by atoms with Crippen molar-refractivity contribution in [1.82, 2.24) is 0 Å². The highest BCUT2D eigenvalue weighted by Gasteiger charge is 2.12. The molecule has 1 aromatic rings. The second kappa shape index (κ2) is 41.3. The van der Waals surface area contributed by atoms with Gasteiger partial charge < -0.3 is 5.41 Å². The first kappa shape index (κ1) is 55.5. The Balaban J connectivity index is -0.000000194. The zero-order valence-corrected chi connectivity index (χ0v) is 36.0. The summed E-state index contributed by atoms with van der Waals surface area (Å²) in [4.78, 5) is 4.60. The summed E-state index contributed by atoms with van der Waals surface area (Å²) in [5.41, 5.74) is 8.68. The molecule has 0 fully saturated rings. The minimum absolute atomic E-state index is 0.572. The van der Waals surface area contributed by atoms with E-state index in [4.69, 9.17) is 11.8 Å². The Morgan fingerprint density at radius 3 is 1.71 bits per heavy atom. The van der Waals surface area contributed by atoms with Crippen LogP contribution < -0.4 is 0 Å². The Bertz CT molecular complexity index is 1070. The average molecular weight is 677 g/mol. The van der Waals surface area contributed by atoms with Crippen LogP contribution in [-0.2, 0) is 0 Å². The van der Waals surface area contributed by atoms with Gasteiger partial charge in [0.2, 0.25) is 0 Å². The molecule has 0 aliphatic heterocycles. The van der Waals surface area contributed by atoms with E-state index in [0.717, 1.165) is 46.9 Å². The highest BCUT2D eigenvalue weighted by atomic mass is 14.7. The summed E-state index contributed by atoms with van der Waals surface area (Å²) in [5, 5.41) is 7.61. The summed E-state index contributed by atoms with van der Waals surface area (Å²) in [6, 6.07) is 6.09. The van der Waals surface area contributed by atoms with Gasteiger partial charge in [0.15, 0.2) is 0 Å². The SMILES string of the molecule is C#Cc1cc(C(/C=C\C)=NC(=C)CCC)ccc1C.CC.CC.CC.CCCC(C)CCC.CCCC(CCC)/C(C=N)=C(\C)C=C(C)C. The van der Waals surface area contributed by atoms with E-state index in [0.29, 0.717) is 5.92 Å². The quantitative estimate of drug-likeness (QED) is 0.103. The first-order valence-electron chi connectivity index (χ1n) is 19.8. The molecule has 282 valence electrons. The third-order valence-electron chi connectivity index (χ3n) is 7.22. The lowest BCUT2D eigenvalue weighted by Gasteiger charge is -2.18. The van der Waals surface area contributed by atoms with Crippen molar-refractivity contribution in [2.75, 3.05) is 0 Å². The molecule has 0 aromatic heterocycles.